The highest BCUT2D eigenvalue weighted by Crippen LogP contribution is 2.41. The molecule has 2 heterocycles. The predicted molar refractivity (Wildman–Crippen MR) is 76.1 cm³/mol. The standard InChI is InChI=1S/C14H11BrF2N2O2/c1-14(7-2-9(16)5-10(17)3-7)13(20)19-11-4-8(15)6-18-12(11)21-14/h2,4-7H,3H2,1H3,(H,19,20)/t7?,14-/m0/s1. The van der Waals surface area contributed by atoms with Crippen molar-refractivity contribution in [2.45, 2.75) is 18.9 Å². The molecule has 0 saturated carbocycles. The summed E-state index contributed by atoms with van der Waals surface area (Å²) in [4.78, 5) is 16.4. The molecular weight excluding hydrogens is 346 g/mol. The summed E-state index contributed by atoms with van der Waals surface area (Å²) >= 11 is 3.25. The molecule has 1 aliphatic carbocycles. The molecule has 0 spiro atoms. The van der Waals surface area contributed by atoms with Crippen LogP contribution in [0, 0.1) is 5.92 Å². The summed E-state index contributed by atoms with van der Waals surface area (Å²) in [5.74, 6) is -2.31. The van der Waals surface area contributed by atoms with Crippen LogP contribution in [0.15, 0.2) is 40.5 Å². The first-order valence-corrected chi connectivity index (χ1v) is 7.07. The number of aromatic nitrogens is 1. The summed E-state index contributed by atoms with van der Waals surface area (Å²) in [7, 11) is 0. The fraction of sp³-hybridized carbons (Fsp3) is 0.286. The molecule has 2 atom stereocenters. The Kier molecular flexibility index (Phi) is 3.32. The van der Waals surface area contributed by atoms with Gasteiger partial charge in [-0.3, -0.25) is 4.79 Å². The highest BCUT2D eigenvalue weighted by Gasteiger charge is 2.47. The maximum Gasteiger partial charge on any atom is 0.269 e. The number of anilines is 1. The average molecular weight is 357 g/mol. The summed E-state index contributed by atoms with van der Waals surface area (Å²) in [6, 6.07) is 1.65. The molecule has 0 radical (unpaired) electrons. The second kappa shape index (κ2) is 4.91. The van der Waals surface area contributed by atoms with Gasteiger partial charge in [-0.2, -0.15) is 0 Å². The summed E-state index contributed by atoms with van der Waals surface area (Å²) in [6.07, 6.45) is 3.44. The molecule has 1 aromatic heterocycles. The Morgan fingerprint density at radius 3 is 3.00 bits per heavy atom. The number of hydrogen-bond donors (Lipinski definition) is 1. The van der Waals surface area contributed by atoms with Crippen LogP contribution in [0.25, 0.3) is 0 Å². The van der Waals surface area contributed by atoms with E-state index in [1.54, 1.807) is 6.07 Å². The summed E-state index contributed by atoms with van der Waals surface area (Å²) in [5.41, 5.74) is -1.00. The molecule has 110 valence electrons. The molecule has 21 heavy (non-hydrogen) atoms. The third-order valence-corrected chi connectivity index (χ3v) is 4.04. The lowest BCUT2D eigenvalue weighted by atomic mass is 9.82. The van der Waals surface area contributed by atoms with Crippen LogP contribution in [-0.2, 0) is 4.79 Å². The van der Waals surface area contributed by atoms with Gasteiger partial charge in [-0.15, -0.1) is 0 Å². The van der Waals surface area contributed by atoms with E-state index in [1.165, 1.54) is 19.2 Å². The van der Waals surface area contributed by atoms with Crippen LogP contribution < -0.4 is 10.1 Å². The summed E-state index contributed by atoms with van der Waals surface area (Å²) < 4.78 is 33.2. The largest absolute Gasteiger partial charge is 0.459 e. The number of halogens is 3. The van der Waals surface area contributed by atoms with Crippen LogP contribution >= 0.6 is 15.9 Å². The predicted octanol–water partition coefficient (Wildman–Crippen LogP) is 3.66. The smallest absolute Gasteiger partial charge is 0.269 e. The number of rotatable bonds is 1. The Hall–Kier alpha value is -1.76. The van der Waals surface area contributed by atoms with Crippen molar-refractivity contribution in [2.24, 2.45) is 5.92 Å². The van der Waals surface area contributed by atoms with Crippen LogP contribution in [0.5, 0.6) is 5.88 Å². The number of nitrogens with one attached hydrogen (secondary N) is 1. The monoisotopic (exact) mass is 356 g/mol. The van der Waals surface area contributed by atoms with Crippen molar-refractivity contribution in [3.05, 3.63) is 40.5 Å². The second-order valence-corrected chi connectivity index (χ2v) is 6.04. The average Bonchev–Trinajstić information content (AvgIpc) is 2.39. The van der Waals surface area contributed by atoms with Gasteiger partial charge in [0.15, 0.2) is 5.60 Å². The van der Waals surface area contributed by atoms with Gasteiger partial charge in [0.2, 0.25) is 5.88 Å². The van der Waals surface area contributed by atoms with Crippen molar-refractivity contribution < 1.29 is 18.3 Å². The highest BCUT2D eigenvalue weighted by molar-refractivity contribution is 9.10. The minimum atomic E-state index is -1.42. The minimum absolute atomic E-state index is 0.0940. The maximum atomic E-state index is 13.5. The molecule has 1 unspecified atom stereocenters. The van der Waals surface area contributed by atoms with Crippen LogP contribution in [0.1, 0.15) is 13.3 Å². The minimum Gasteiger partial charge on any atom is -0.459 e. The van der Waals surface area contributed by atoms with E-state index in [0.29, 0.717) is 10.2 Å². The van der Waals surface area contributed by atoms with Crippen LogP contribution in [-0.4, -0.2) is 16.5 Å². The lowest BCUT2D eigenvalue weighted by Crippen LogP contribution is -2.53. The van der Waals surface area contributed by atoms with Crippen molar-refractivity contribution in [3.63, 3.8) is 0 Å². The first-order valence-electron chi connectivity index (χ1n) is 6.28. The fourth-order valence-electron chi connectivity index (χ4n) is 2.41. The number of nitrogens with zero attached hydrogens (tertiary/aromatic N) is 1. The quantitative estimate of drug-likeness (QED) is 0.835. The van der Waals surface area contributed by atoms with E-state index < -0.39 is 29.1 Å². The van der Waals surface area contributed by atoms with E-state index >= 15 is 0 Å². The van der Waals surface area contributed by atoms with E-state index in [2.05, 4.69) is 26.2 Å². The molecule has 1 N–H and O–H groups in total. The Balaban J connectivity index is 1.97. The molecule has 1 aliphatic heterocycles. The molecule has 4 nitrogen and oxygen atoms in total. The summed E-state index contributed by atoms with van der Waals surface area (Å²) in [6.45, 7) is 1.50. The first kappa shape index (κ1) is 14.2. The topological polar surface area (TPSA) is 51.2 Å². The Labute approximate surface area is 128 Å². The van der Waals surface area contributed by atoms with Gasteiger partial charge in [0, 0.05) is 29.1 Å². The van der Waals surface area contributed by atoms with Crippen LogP contribution in [0.2, 0.25) is 0 Å². The van der Waals surface area contributed by atoms with Crippen LogP contribution in [0.4, 0.5) is 14.5 Å². The summed E-state index contributed by atoms with van der Waals surface area (Å²) in [5, 5.41) is 2.67. The van der Waals surface area contributed by atoms with Gasteiger partial charge in [-0.1, -0.05) is 0 Å². The lowest BCUT2D eigenvalue weighted by molar-refractivity contribution is -0.134. The van der Waals surface area contributed by atoms with Gasteiger partial charge in [0.25, 0.3) is 5.91 Å². The normalized spacial score (nSPS) is 28.0. The zero-order valence-electron chi connectivity index (χ0n) is 11.0. The van der Waals surface area contributed by atoms with E-state index in [-0.39, 0.29) is 12.3 Å². The number of carbonyl (C=O) groups is 1. The second-order valence-electron chi connectivity index (χ2n) is 5.12. The van der Waals surface area contributed by atoms with Gasteiger partial charge < -0.3 is 10.1 Å². The van der Waals surface area contributed by atoms with Crippen molar-refractivity contribution in [2.75, 3.05) is 5.32 Å². The highest BCUT2D eigenvalue weighted by atomic mass is 79.9. The van der Waals surface area contributed by atoms with Crippen molar-refractivity contribution in [1.82, 2.24) is 4.98 Å². The van der Waals surface area contributed by atoms with E-state index in [0.717, 1.165) is 6.08 Å². The third-order valence-electron chi connectivity index (χ3n) is 3.60. The van der Waals surface area contributed by atoms with Crippen molar-refractivity contribution >= 4 is 27.5 Å². The van der Waals surface area contributed by atoms with Gasteiger partial charge in [-0.05, 0) is 35.0 Å². The number of pyridine rings is 1. The van der Waals surface area contributed by atoms with Crippen molar-refractivity contribution in [1.29, 1.82) is 0 Å². The molecular formula is C14H11BrF2N2O2. The zero-order chi connectivity index (χ0) is 15.2. The van der Waals surface area contributed by atoms with E-state index in [1.807, 2.05) is 0 Å². The number of amides is 1. The van der Waals surface area contributed by atoms with E-state index in [9.17, 15) is 13.6 Å². The lowest BCUT2D eigenvalue weighted by Gasteiger charge is -2.38. The van der Waals surface area contributed by atoms with Crippen LogP contribution in [0.3, 0.4) is 0 Å². The number of carbonyl (C=O) groups excluding carboxylic acids is 1. The van der Waals surface area contributed by atoms with Gasteiger partial charge in [-0.25, -0.2) is 13.8 Å². The SMILES string of the molecule is C[C@@]1(C2C=C(F)C=C(F)C2)Oc2ncc(Br)cc2NC1=O. The van der Waals surface area contributed by atoms with Gasteiger partial charge in [0.1, 0.15) is 17.3 Å². The zero-order valence-corrected chi connectivity index (χ0v) is 12.6. The number of allylic oxidation sites excluding steroid dienone is 3. The Bertz CT molecular complexity index is 690. The molecule has 0 bridgehead atoms. The Morgan fingerprint density at radius 2 is 2.29 bits per heavy atom. The number of hydrogen-bond acceptors (Lipinski definition) is 3. The molecule has 1 aromatic rings. The van der Waals surface area contributed by atoms with E-state index in [4.69, 9.17) is 4.74 Å². The number of ether oxygens (including phenoxy) is 1. The molecule has 2 aliphatic rings. The van der Waals surface area contributed by atoms with Gasteiger partial charge >= 0.3 is 0 Å². The number of fused-ring (bicyclic) bond motifs is 1. The molecule has 0 fully saturated rings. The third kappa shape index (κ3) is 2.46. The van der Waals surface area contributed by atoms with Gasteiger partial charge in [0.05, 0.1) is 0 Å². The van der Waals surface area contributed by atoms with Crippen molar-refractivity contribution in [3.8, 4) is 5.88 Å². The molecule has 0 saturated heterocycles. The molecule has 0 aromatic carbocycles. The fourth-order valence-corrected chi connectivity index (χ4v) is 2.74. The Morgan fingerprint density at radius 1 is 1.52 bits per heavy atom. The maximum absolute atomic E-state index is 13.5. The molecule has 3 rings (SSSR count). The first-order chi connectivity index (χ1) is 9.88. The molecule has 7 heteroatoms. The molecule has 1 amide bonds.